The van der Waals surface area contributed by atoms with E-state index < -0.39 is 28.7 Å². The fourth-order valence-electron chi connectivity index (χ4n) is 3.16. The predicted molar refractivity (Wildman–Crippen MR) is 181 cm³/mol. The van der Waals surface area contributed by atoms with Crippen molar-refractivity contribution < 1.29 is 63.4 Å². The Balaban J connectivity index is 0. The molecular weight excluding hydrogens is 640 g/mol. The van der Waals surface area contributed by atoms with Crippen molar-refractivity contribution in [3.63, 3.8) is 0 Å². The molecule has 0 atom stereocenters. The Bertz CT molecular complexity index is 1310. The summed E-state index contributed by atoms with van der Waals surface area (Å²) in [5.74, 6) is -1.43. The number of aliphatic hydroxyl groups is 4. The van der Waals surface area contributed by atoms with Crippen LogP contribution in [0.4, 0.5) is 0 Å². The van der Waals surface area contributed by atoms with Gasteiger partial charge in [-0.05, 0) is 86.6 Å². The summed E-state index contributed by atoms with van der Waals surface area (Å²) in [7, 11) is 0. The minimum atomic E-state index is -1.37. The number of ketones is 4. The van der Waals surface area contributed by atoms with Crippen molar-refractivity contribution in [1.82, 2.24) is 0 Å². The molecule has 274 valence electrons. The largest absolute Gasteiger partial charge is 0.491 e. The molecule has 0 aliphatic heterocycles. The molecule has 0 radical (unpaired) electrons. The van der Waals surface area contributed by atoms with Crippen LogP contribution in [0.5, 0.6) is 5.75 Å². The summed E-state index contributed by atoms with van der Waals surface area (Å²) in [5, 5.41) is 35.7. The van der Waals surface area contributed by atoms with Gasteiger partial charge in [0.15, 0.2) is 11.6 Å². The van der Waals surface area contributed by atoms with Gasteiger partial charge in [-0.1, -0.05) is 30.3 Å². The third kappa shape index (κ3) is 25.4. The van der Waals surface area contributed by atoms with Gasteiger partial charge >= 0.3 is 11.9 Å². The lowest BCUT2D eigenvalue weighted by atomic mass is 9.97. The number of ether oxygens (including phenoxy) is 3. The highest BCUT2D eigenvalue weighted by atomic mass is 16.6. The van der Waals surface area contributed by atoms with Crippen LogP contribution < -0.4 is 4.74 Å². The van der Waals surface area contributed by atoms with Gasteiger partial charge in [-0.15, -0.1) is 0 Å². The van der Waals surface area contributed by atoms with Gasteiger partial charge < -0.3 is 34.6 Å². The van der Waals surface area contributed by atoms with E-state index in [1.165, 1.54) is 41.5 Å². The van der Waals surface area contributed by atoms with Crippen LogP contribution in [0.25, 0.3) is 0 Å². The number of aliphatic hydroxyl groups excluding tert-OH is 2. The molecule has 0 saturated carbocycles. The summed E-state index contributed by atoms with van der Waals surface area (Å²) in [6.45, 7) is 13.8. The topological polar surface area (TPSA) is 211 Å². The lowest BCUT2D eigenvalue weighted by Crippen LogP contribution is -2.30. The normalized spacial score (nSPS) is 10.7. The van der Waals surface area contributed by atoms with Crippen LogP contribution in [0.2, 0.25) is 0 Å². The maximum absolute atomic E-state index is 11.7. The zero-order valence-corrected chi connectivity index (χ0v) is 29.9. The summed E-state index contributed by atoms with van der Waals surface area (Å²) in [6.07, 6.45) is -0.336. The highest BCUT2D eigenvalue weighted by Crippen LogP contribution is 2.17. The second-order valence-electron chi connectivity index (χ2n) is 12.5. The average molecular weight is 693 g/mol. The number of hydrogen-bond acceptors (Lipinski definition) is 13. The summed E-state index contributed by atoms with van der Waals surface area (Å²) in [5.41, 5.74) is -2.16. The Kier molecular flexibility index (Phi) is 22.1. The van der Waals surface area contributed by atoms with Crippen LogP contribution in [0, 0.1) is 0 Å². The molecule has 0 spiro atoms. The van der Waals surface area contributed by atoms with Gasteiger partial charge in [-0.3, -0.25) is 28.8 Å². The van der Waals surface area contributed by atoms with Crippen molar-refractivity contribution in [2.75, 3.05) is 26.4 Å². The minimum Gasteiger partial charge on any atom is -0.491 e. The van der Waals surface area contributed by atoms with Crippen LogP contribution in [-0.4, -0.2) is 98.7 Å². The maximum atomic E-state index is 11.7. The first-order valence-electron chi connectivity index (χ1n) is 15.3. The summed E-state index contributed by atoms with van der Waals surface area (Å²) < 4.78 is 14.4. The molecule has 0 saturated heterocycles. The number of carbonyl (C=O) groups excluding carboxylic acids is 6. The van der Waals surface area contributed by atoms with Crippen LogP contribution in [0.1, 0.15) is 95.9 Å². The molecule has 0 heterocycles. The number of rotatable bonds is 13. The molecule has 4 N–H and O–H groups in total. The molecule has 2 aromatic rings. The minimum absolute atomic E-state index is 0.0356. The summed E-state index contributed by atoms with van der Waals surface area (Å²) in [6, 6.07) is 15.2. The van der Waals surface area contributed by atoms with Crippen molar-refractivity contribution in [2.45, 2.75) is 92.0 Å². The smallest absolute Gasteiger partial charge is 0.313 e. The van der Waals surface area contributed by atoms with Crippen molar-refractivity contribution in [2.24, 2.45) is 0 Å². The van der Waals surface area contributed by atoms with E-state index in [0.717, 1.165) is 0 Å². The third-order valence-electron chi connectivity index (χ3n) is 5.18. The fourth-order valence-corrected chi connectivity index (χ4v) is 3.16. The average Bonchev–Trinajstić information content (AvgIpc) is 2.97. The second kappa shape index (κ2) is 23.1. The van der Waals surface area contributed by atoms with E-state index in [-0.39, 0.29) is 62.4 Å². The van der Waals surface area contributed by atoms with E-state index in [0.29, 0.717) is 16.9 Å². The Morgan fingerprint density at radius 3 is 1.37 bits per heavy atom. The van der Waals surface area contributed by atoms with E-state index in [4.69, 9.17) is 19.7 Å². The predicted octanol–water partition coefficient (Wildman–Crippen LogP) is 3.46. The van der Waals surface area contributed by atoms with E-state index in [2.05, 4.69) is 4.74 Å². The quantitative estimate of drug-likeness (QED) is 0.135. The van der Waals surface area contributed by atoms with Crippen LogP contribution in [-0.2, 0) is 28.7 Å². The van der Waals surface area contributed by atoms with Gasteiger partial charge in [0, 0.05) is 11.1 Å². The van der Waals surface area contributed by atoms with E-state index in [1.807, 2.05) is 6.07 Å². The highest BCUT2D eigenvalue weighted by molar-refractivity contribution is 6.02. The Hall–Kier alpha value is -4.30. The molecule has 0 fully saturated rings. The SMILES string of the molecule is CC(=O)CC(=O)OC(C)(C)C.CC(=O)CC(=O)OCCO.CC(C)(O)C(=O)c1ccc(OCCO)cc1.CC(C)(O)C(=O)c1ccccc1. The van der Waals surface area contributed by atoms with Crippen LogP contribution in [0.15, 0.2) is 54.6 Å². The number of hydrogen-bond donors (Lipinski definition) is 4. The van der Waals surface area contributed by atoms with Crippen molar-refractivity contribution >= 4 is 35.1 Å². The molecule has 0 amide bonds. The highest BCUT2D eigenvalue weighted by Gasteiger charge is 2.25. The molecule has 0 aliphatic carbocycles. The van der Waals surface area contributed by atoms with Gasteiger partial charge in [0.25, 0.3) is 0 Å². The number of esters is 2. The summed E-state index contributed by atoms with van der Waals surface area (Å²) >= 11 is 0. The molecule has 0 bridgehead atoms. The van der Waals surface area contributed by atoms with Gasteiger partial charge in [-0.2, -0.15) is 0 Å². The van der Waals surface area contributed by atoms with Gasteiger partial charge in [-0.25, -0.2) is 0 Å². The fraction of sp³-hybridized carbons (Fsp3) is 0.500. The Morgan fingerprint density at radius 1 is 0.592 bits per heavy atom. The van der Waals surface area contributed by atoms with Crippen LogP contribution >= 0.6 is 0 Å². The molecule has 0 aromatic heterocycles. The lowest BCUT2D eigenvalue weighted by Gasteiger charge is -2.18. The van der Waals surface area contributed by atoms with Gasteiger partial charge in [0.2, 0.25) is 0 Å². The first-order valence-corrected chi connectivity index (χ1v) is 15.3. The number of Topliss-reactive ketones (excluding diaryl/α,β-unsaturated/α-hetero) is 4. The first kappa shape index (κ1) is 46.8. The zero-order valence-electron chi connectivity index (χ0n) is 29.9. The van der Waals surface area contributed by atoms with E-state index in [9.17, 15) is 39.0 Å². The monoisotopic (exact) mass is 692 g/mol. The van der Waals surface area contributed by atoms with E-state index >= 15 is 0 Å². The van der Waals surface area contributed by atoms with Crippen molar-refractivity contribution in [3.8, 4) is 5.75 Å². The third-order valence-corrected chi connectivity index (χ3v) is 5.18. The molecule has 2 aromatic carbocycles. The number of carbonyl (C=O) groups is 6. The molecule has 49 heavy (non-hydrogen) atoms. The standard InChI is InChI=1S/C12H16O4.C10H12O2.C8H14O3.C6H10O4/c1-12(2,15)11(14)9-3-5-10(6-4-9)16-8-7-13;1-10(2,12)9(11)8-6-4-3-5-7-8;1-6(9)5-7(10)11-8(2,3)4;1-5(8)4-6(9)10-3-2-7/h3-6,13,15H,7-8H2,1-2H3;3-7,12H,1-2H3;5H2,1-4H3;7H,2-4H2,1H3. The maximum Gasteiger partial charge on any atom is 0.313 e. The number of benzene rings is 2. The molecule has 0 unspecified atom stereocenters. The molecule has 2 rings (SSSR count). The zero-order chi connectivity index (χ0) is 38.4. The van der Waals surface area contributed by atoms with Gasteiger partial charge in [0.05, 0.1) is 13.2 Å². The van der Waals surface area contributed by atoms with E-state index in [1.54, 1.807) is 69.3 Å². The summed E-state index contributed by atoms with van der Waals surface area (Å²) in [4.78, 5) is 65.1. The first-order chi connectivity index (χ1) is 22.4. The molecular formula is C36H52O13. The van der Waals surface area contributed by atoms with Crippen molar-refractivity contribution in [3.05, 3.63) is 65.7 Å². The van der Waals surface area contributed by atoms with Gasteiger partial charge in [0.1, 0.15) is 60.2 Å². The molecule has 13 heteroatoms. The lowest BCUT2D eigenvalue weighted by molar-refractivity contribution is -0.156. The van der Waals surface area contributed by atoms with Crippen LogP contribution in [0.3, 0.4) is 0 Å². The molecule has 13 nitrogen and oxygen atoms in total. The molecule has 0 aliphatic rings. The Labute approximate surface area is 288 Å². The van der Waals surface area contributed by atoms with Crippen molar-refractivity contribution in [1.29, 1.82) is 0 Å². The Morgan fingerprint density at radius 2 is 1.00 bits per heavy atom. The second-order valence-corrected chi connectivity index (χ2v) is 12.5.